The molecule has 1 aliphatic carbocycles. The average molecular weight is 406 g/mol. The highest BCUT2D eigenvalue weighted by molar-refractivity contribution is 7.89. The molecule has 1 saturated carbocycles. The average Bonchev–Trinajstić information content (AvgIpc) is 3.31. The van der Waals surface area contributed by atoms with Crippen LogP contribution in [0.4, 0.5) is 5.13 Å². The number of aromatic nitrogens is 1. The van der Waals surface area contributed by atoms with Crippen molar-refractivity contribution in [1.29, 1.82) is 0 Å². The van der Waals surface area contributed by atoms with Crippen LogP contribution in [0.25, 0.3) is 10.2 Å². The first-order valence-corrected chi connectivity index (χ1v) is 11.1. The van der Waals surface area contributed by atoms with E-state index in [1.54, 1.807) is 30.3 Å². The number of fused-ring (bicyclic) bond motifs is 1. The largest absolute Gasteiger partial charge is 0.459 e. The highest BCUT2D eigenvalue weighted by Crippen LogP contribution is 2.29. The van der Waals surface area contributed by atoms with Crippen LogP contribution in [0.5, 0.6) is 0 Å². The molecule has 1 aliphatic rings. The molecule has 27 heavy (non-hydrogen) atoms. The fourth-order valence-corrected chi connectivity index (χ4v) is 5.51. The summed E-state index contributed by atoms with van der Waals surface area (Å²) in [7, 11) is -3.57. The van der Waals surface area contributed by atoms with Crippen LogP contribution in [0.3, 0.4) is 0 Å². The molecule has 0 saturated heterocycles. The van der Waals surface area contributed by atoms with Gasteiger partial charge in [-0.1, -0.05) is 30.6 Å². The molecule has 0 bridgehead atoms. The maximum Gasteiger partial charge on any atom is 0.293 e. The van der Waals surface area contributed by atoms with E-state index in [0.717, 1.165) is 32.1 Å². The van der Waals surface area contributed by atoms with Crippen molar-refractivity contribution < 1.29 is 17.6 Å². The lowest BCUT2D eigenvalue weighted by Crippen LogP contribution is -2.36. The van der Waals surface area contributed by atoms with E-state index in [1.165, 1.54) is 17.6 Å². The van der Waals surface area contributed by atoms with E-state index >= 15 is 0 Å². The molecule has 2 aromatic heterocycles. The second-order valence-electron chi connectivity index (χ2n) is 6.54. The molecule has 2 N–H and O–H groups in total. The van der Waals surface area contributed by atoms with E-state index in [4.69, 9.17) is 4.42 Å². The Labute approximate surface area is 160 Å². The van der Waals surface area contributed by atoms with Gasteiger partial charge in [-0.3, -0.25) is 10.1 Å². The lowest BCUT2D eigenvalue weighted by Gasteiger charge is -2.22. The van der Waals surface area contributed by atoms with Crippen LogP contribution in [0, 0.1) is 0 Å². The van der Waals surface area contributed by atoms with E-state index in [9.17, 15) is 13.2 Å². The molecule has 1 amide bonds. The summed E-state index contributed by atoms with van der Waals surface area (Å²) >= 11 is 1.22. The maximum absolute atomic E-state index is 12.7. The van der Waals surface area contributed by atoms with Crippen LogP contribution in [-0.4, -0.2) is 25.4 Å². The Balaban J connectivity index is 1.54. The number of furan rings is 1. The monoisotopic (exact) mass is 405 g/mol. The fourth-order valence-electron chi connectivity index (χ4n) is 3.20. The van der Waals surface area contributed by atoms with Gasteiger partial charge in [-0.05, 0) is 43.2 Å². The summed E-state index contributed by atoms with van der Waals surface area (Å²) in [5.41, 5.74) is 0.631. The van der Waals surface area contributed by atoms with Gasteiger partial charge in [0.25, 0.3) is 5.91 Å². The van der Waals surface area contributed by atoms with E-state index < -0.39 is 15.9 Å². The summed E-state index contributed by atoms with van der Waals surface area (Å²) in [4.78, 5) is 16.6. The summed E-state index contributed by atoms with van der Waals surface area (Å²) in [6.45, 7) is 0. The molecule has 3 aromatic rings. The first-order valence-electron chi connectivity index (χ1n) is 8.79. The minimum atomic E-state index is -3.57. The molecular formula is C18H19N3O4S2. The molecule has 142 valence electrons. The molecule has 9 heteroatoms. The number of benzene rings is 1. The number of amides is 1. The Hall–Kier alpha value is -2.23. The Morgan fingerprint density at radius 1 is 1.19 bits per heavy atom. The molecule has 2 heterocycles. The van der Waals surface area contributed by atoms with Crippen molar-refractivity contribution in [1.82, 2.24) is 9.71 Å². The van der Waals surface area contributed by atoms with Crippen molar-refractivity contribution >= 4 is 42.6 Å². The molecule has 0 atom stereocenters. The molecule has 1 fully saturated rings. The SMILES string of the molecule is O=C(Nc1nc2ccc(S(=O)(=O)NC3CCCCC3)cc2s1)c1ccco1. The van der Waals surface area contributed by atoms with Crippen LogP contribution in [0.1, 0.15) is 42.7 Å². The van der Waals surface area contributed by atoms with Gasteiger partial charge >= 0.3 is 0 Å². The number of thiazole rings is 1. The molecule has 0 radical (unpaired) electrons. The fraction of sp³-hybridized carbons (Fsp3) is 0.333. The molecule has 7 nitrogen and oxygen atoms in total. The van der Waals surface area contributed by atoms with Crippen LogP contribution in [-0.2, 0) is 10.0 Å². The van der Waals surface area contributed by atoms with Gasteiger partial charge in [-0.25, -0.2) is 18.1 Å². The van der Waals surface area contributed by atoms with Gasteiger partial charge in [0.1, 0.15) is 0 Å². The highest BCUT2D eigenvalue weighted by Gasteiger charge is 2.22. The first-order chi connectivity index (χ1) is 13.0. The number of hydrogen-bond acceptors (Lipinski definition) is 6. The normalized spacial score (nSPS) is 15.9. The molecule has 0 spiro atoms. The third-order valence-electron chi connectivity index (χ3n) is 4.56. The standard InChI is InChI=1S/C18H19N3O4S2/c22-17(15-7-4-10-25-15)20-18-19-14-9-8-13(11-16(14)26-18)27(23,24)21-12-5-2-1-3-6-12/h4,7-12,21H,1-3,5-6H2,(H,19,20,22). The number of carbonyl (C=O) groups excluding carboxylic acids is 1. The van der Waals surface area contributed by atoms with Crippen LogP contribution in [0.2, 0.25) is 0 Å². The van der Waals surface area contributed by atoms with Crippen molar-refractivity contribution in [3.8, 4) is 0 Å². The van der Waals surface area contributed by atoms with Crippen LogP contribution in [0.15, 0.2) is 45.9 Å². The summed E-state index contributed by atoms with van der Waals surface area (Å²) in [5.74, 6) is -0.208. The van der Waals surface area contributed by atoms with Gasteiger partial charge in [-0.2, -0.15) is 0 Å². The second-order valence-corrected chi connectivity index (χ2v) is 9.28. The van der Waals surface area contributed by atoms with Gasteiger partial charge in [0, 0.05) is 6.04 Å². The summed E-state index contributed by atoms with van der Waals surface area (Å²) in [6, 6.07) is 7.99. The van der Waals surface area contributed by atoms with E-state index in [-0.39, 0.29) is 16.7 Å². The van der Waals surface area contributed by atoms with E-state index in [2.05, 4.69) is 15.0 Å². The Morgan fingerprint density at radius 2 is 2.00 bits per heavy atom. The molecule has 4 rings (SSSR count). The van der Waals surface area contributed by atoms with Crippen molar-refractivity contribution in [2.75, 3.05) is 5.32 Å². The van der Waals surface area contributed by atoms with Gasteiger partial charge in [-0.15, -0.1) is 0 Å². The van der Waals surface area contributed by atoms with Gasteiger partial charge in [0.15, 0.2) is 10.9 Å². The van der Waals surface area contributed by atoms with Crippen LogP contribution >= 0.6 is 11.3 Å². The lowest BCUT2D eigenvalue weighted by atomic mass is 9.96. The number of anilines is 1. The zero-order valence-corrected chi connectivity index (χ0v) is 16.1. The van der Waals surface area contributed by atoms with Crippen molar-refractivity contribution in [3.63, 3.8) is 0 Å². The Kier molecular flexibility index (Phi) is 4.98. The number of carbonyl (C=O) groups is 1. The number of hydrogen-bond donors (Lipinski definition) is 2. The number of sulfonamides is 1. The quantitative estimate of drug-likeness (QED) is 0.673. The number of nitrogens with zero attached hydrogens (tertiary/aromatic N) is 1. The zero-order chi connectivity index (χ0) is 18.9. The van der Waals surface area contributed by atoms with Gasteiger partial charge in [0.2, 0.25) is 10.0 Å². The highest BCUT2D eigenvalue weighted by atomic mass is 32.2. The third-order valence-corrected chi connectivity index (χ3v) is 7.01. The summed E-state index contributed by atoms with van der Waals surface area (Å²) in [6.07, 6.45) is 6.46. The van der Waals surface area contributed by atoms with E-state index in [0.29, 0.717) is 15.3 Å². The molecule has 0 aliphatic heterocycles. The van der Waals surface area contributed by atoms with Crippen molar-refractivity contribution in [2.45, 2.75) is 43.0 Å². The van der Waals surface area contributed by atoms with Crippen LogP contribution < -0.4 is 10.0 Å². The van der Waals surface area contributed by atoms with Crippen molar-refractivity contribution in [3.05, 3.63) is 42.4 Å². The molecule has 1 aromatic carbocycles. The number of nitrogens with one attached hydrogen (secondary N) is 2. The maximum atomic E-state index is 12.7. The van der Waals surface area contributed by atoms with Crippen molar-refractivity contribution in [2.24, 2.45) is 0 Å². The minimum Gasteiger partial charge on any atom is -0.459 e. The summed E-state index contributed by atoms with van der Waals surface area (Å²) in [5, 5.41) is 3.06. The smallest absolute Gasteiger partial charge is 0.293 e. The predicted molar refractivity (Wildman–Crippen MR) is 103 cm³/mol. The topological polar surface area (TPSA) is 101 Å². The summed E-state index contributed by atoms with van der Waals surface area (Å²) < 4.78 is 33.9. The Morgan fingerprint density at radius 3 is 2.74 bits per heavy atom. The van der Waals surface area contributed by atoms with Gasteiger partial charge < -0.3 is 4.42 Å². The Bertz CT molecular complexity index is 1050. The van der Waals surface area contributed by atoms with Gasteiger partial charge in [0.05, 0.1) is 21.4 Å². The predicted octanol–water partition coefficient (Wildman–Crippen LogP) is 3.75. The van der Waals surface area contributed by atoms with E-state index in [1.807, 2.05) is 0 Å². The lowest BCUT2D eigenvalue weighted by molar-refractivity contribution is 0.0996. The second kappa shape index (κ2) is 7.41. The third kappa shape index (κ3) is 4.05. The first kappa shape index (κ1) is 18.1. The number of rotatable bonds is 5. The minimum absolute atomic E-state index is 0.00375. The molecular weight excluding hydrogens is 386 g/mol. The molecule has 0 unspecified atom stereocenters. The zero-order valence-electron chi connectivity index (χ0n) is 14.5.